The zero-order valence-corrected chi connectivity index (χ0v) is 18.0. The molecule has 1 atom stereocenters. The number of urea groups is 1. The van der Waals surface area contributed by atoms with Crippen molar-refractivity contribution in [1.82, 2.24) is 14.7 Å². The van der Waals surface area contributed by atoms with E-state index in [9.17, 15) is 14.0 Å². The van der Waals surface area contributed by atoms with Crippen LogP contribution in [0.3, 0.4) is 0 Å². The monoisotopic (exact) mass is 444 g/mol. The van der Waals surface area contributed by atoms with Crippen molar-refractivity contribution in [3.63, 3.8) is 0 Å². The summed E-state index contributed by atoms with van der Waals surface area (Å²) >= 11 is 6.14. The highest BCUT2D eigenvalue weighted by atomic mass is 35.5. The number of likely N-dealkylation sites (tertiary alicyclic amines) is 1. The van der Waals surface area contributed by atoms with Crippen LogP contribution in [-0.4, -0.2) is 65.4 Å². The number of carbonyl (C=O) groups is 2. The van der Waals surface area contributed by atoms with Crippen molar-refractivity contribution in [1.29, 1.82) is 0 Å². The highest BCUT2D eigenvalue weighted by molar-refractivity contribution is 6.33. The molecule has 31 heavy (non-hydrogen) atoms. The minimum Gasteiger partial charge on any atom is -0.337 e. The van der Waals surface area contributed by atoms with Gasteiger partial charge < -0.3 is 15.1 Å². The number of nitrogens with zero attached hydrogens (tertiary/aromatic N) is 3. The fraction of sp³-hybridized carbons (Fsp3) is 0.391. The lowest BCUT2D eigenvalue weighted by atomic mass is 10.2. The molecule has 8 heteroatoms. The molecule has 0 saturated carbocycles. The van der Waals surface area contributed by atoms with E-state index in [1.165, 1.54) is 12.1 Å². The molecule has 2 heterocycles. The fourth-order valence-electron chi connectivity index (χ4n) is 4.24. The Balaban J connectivity index is 1.32. The van der Waals surface area contributed by atoms with Gasteiger partial charge in [-0.2, -0.15) is 0 Å². The maximum absolute atomic E-state index is 13.1. The van der Waals surface area contributed by atoms with Crippen molar-refractivity contribution in [2.45, 2.75) is 25.4 Å². The number of hydrogen-bond donors (Lipinski definition) is 1. The summed E-state index contributed by atoms with van der Waals surface area (Å²) in [6.45, 7) is 3.79. The predicted molar refractivity (Wildman–Crippen MR) is 118 cm³/mol. The van der Waals surface area contributed by atoms with Crippen LogP contribution in [0.4, 0.5) is 14.9 Å². The van der Waals surface area contributed by atoms with Crippen molar-refractivity contribution >= 4 is 29.2 Å². The van der Waals surface area contributed by atoms with E-state index in [0.717, 1.165) is 24.9 Å². The second-order valence-corrected chi connectivity index (χ2v) is 8.38. The van der Waals surface area contributed by atoms with Gasteiger partial charge in [0.05, 0.1) is 16.8 Å². The van der Waals surface area contributed by atoms with Crippen LogP contribution >= 0.6 is 11.6 Å². The van der Waals surface area contributed by atoms with Crippen molar-refractivity contribution < 1.29 is 14.0 Å². The molecule has 2 aromatic carbocycles. The van der Waals surface area contributed by atoms with E-state index >= 15 is 0 Å². The predicted octanol–water partition coefficient (Wildman–Crippen LogP) is 3.82. The Hall–Kier alpha value is -2.64. The summed E-state index contributed by atoms with van der Waals surface area (Å²) in [6.07, 6.45) is 1.57. The van der Waals surface area contributed by atoms with Crippen LogP contribution in [0.2, 0.25) is 5.02 Å². The molecule has 0 aromatic heterocycles. The molecule has 0 aliphatic carbocycles. The third-order valence-electron chi connectivity index (χ3n) is 5.93. The van der Waals surface area contributed by atoms with E-state index < -0.39 is 0 Å². The minimum atomic E-state index is -0.276. The summed E-state index contributed by atoms with van der Waals surface area (Å²) in [4.78, 5) is 31.5. The molecule has 2 aliphatic rings. The van der Waals surface area contributed by atoms with Crippen molar-refractivity contribution in [3.05, 3.63) is 64.9 Å². The van der Waals surface area contributed by atoms with Gasteiger partial charge in [0.2, 0.25) is 5.91 Å². The quantitative estimate of drug-likeness (QED) is 0.780. The highest BCUT2D eigenvalue weighted by Crippen LogP contribution is 2.23. The summed E-state index contributed by atoms with van der Waals surface area (Å²) in [5.74, 6) is -0.166. The van der Waals surface area contributed by atoms with Crippen LogP contribution in [-0.2, 0) is 11.3 Å². The van der Waals surface area contributed by atoms with Gasteiger partial charge in [-0.1, -0.05) is 35.9 Å². The Bertz CT molecular complexity index is 939. The van der Waals surface area contributed by atoms with Crippen LogP contribution in [0.1, 0.15) is 18.4 Å². The van der Waals surface area contributed by atoms with E-state index in [4.69, 9.17) is 11.6 Å². The summed E-state index contributed by atoms with van der Waals surface area (Å²) in [7, 11) is 0. The van der Waals surface area contributed by atoms with Crippen LogP contribution in [0.15, 0.2) is 48.5 Å². The maximum atomic E-state index is 13.1. The number of nitrogens with one attached hydrogen (secondary N) is 1. The number of para-hydroxylation sites is 1. The molecule has 3 amide bonds. The largest absolute Gasteiger partial charge is 0.337 e. The lowest BCUT2D eigenvalue weighted by molar-refractivity contribution is -0.132. The van der Waals surface area contributed by atoms with E-state index in [1.54, 1.807) is 29.2 Å². The average molecular weight is 445 g/mol. The zero-order chi connectivity index (χ0) is 21.8. The first kappa shape index (κ1) is 21.6. The normalized spacial score (nSPS) is 20.1. The van der Waals surface area contributed by atoms with Crippen LogP contribution in [0, 0.1) is 5.82 Å². The summed E-state index contributed by atoms with van der Waals surface area (Å²) in [5, 5.41) is 3.38. The minimum absolute atomic E-state index is 0.110. The number of hydrogen-bond acceptors (Lipinski definition) is 3. The van der Waals surface area contributed by atoms with Gasteiger partial charge in [-0.3, -0.25) is 9.69 Å². The molecule has 0 radical (unpaired) electrons. The van der Waals surface area contributed by atoms with Gasteiger partial charge in [0.25, 0.3) is 0 Å². The summed E-state index contributed by atoms with van der Waals surface area (Å²) in [5.41, 5.74) is 1.52. The van der Waals surface area contributed by atoms with E-state index in [-0.39, 0.29) is 23.8 Å². The second kappa shape index (κ2) is 9.66. The number of rotatable bonds is 4. The van der Waals surface area contributed by atoms with Crippen LogP contribution < -0.4 is 5.32 Å². The van der Waals surface area contributed by atoms with E-state index in [0.29, 0.717) is 43.4 Å². The molecule has 1 N–H and O–H groups in total. The first-order valence-corrected chi connectivity index (χ1v) is 11.0. The highest BCUT2D eigenvalue weighted by Gasteiger charge is 2.36. The van der Waals surface area contributed by atoms with E-state index in [1.807, 2.05) is 17.0 Å². The molecule has 164 valence electrons. The molecule has 6 nitrogen and oxygen atoms in total. The number of anilines is 1. The number of carbonyl (C=O) groups excluding carboxylic acids is 2. The SMILES string of the molecule is O=C(Nc1ccccc1Cl)N1CCCN([C@H]2CCN(Cc3ccc(F)cc3)C2=O)CC1. The molecular weight excluding hydrogens is 419 g/mol. The van der Waals surface area contributed by atoms with Crippen molar-refractivity contribution in [2.24, 2.45) is 0 Å². The molecule has 0 unspecified atom stereocenters. The Morgan fingerprint density at radius 3 is 2.58 bits per heavy atom. The van der Waals surface area contributed by atoms with Gasteiger partial charge in [0, 0.05) is 39.3 Å². The second-order valence-electron chi connectivity index (χ2n) is 7.98. The Morgan fingerprint density at radius 1 is 1.03 bits per heavy atom. The lowest BCUT2D eigenvalue weighted by Crippen LogP contribution is -2.44. The van der Waals surface area contributed by atoms with Gasteiger partial charge in [-0.15, -0.1) is 0 Å². The van der Waals surface area contributed by atoms with E-state index in [2.05, 4.69) is 10.2 Å². The molecule has 0 spiro atoms. The molecule has 2 saturated heterocycles. The van der Waals surface area contributed by atoms with Crippen LogP contribution in [0.5, 0.6) is 0 Å². The Kier molecular flexibility index (Phi) is 6.73. The smallest absolute Gasteiger partial charge is 0.321 e. The first-order chi connectivity index (χ1) is 15.0. The van der Waals surface area contributed by atoms with Gasteiger partial charge in [0.15, 0.2) is 0 Å². The lowest BCUT2D eigenvalue weighted by Gasteiger charge is -2.27. The third-order valence-corrected chi connectivity index (χ3v) is 6.26. The average Bonchev–Trinajstić information content (AvgIpc) is 2.97. The fourth-order valence-corrected chi connectivity index (χ4v) is 4.42. The van der Waals surface area contributed by atoms with Gasteiger partial charge in [-0.25, -0.2) is 9.18 Å². The molecule has 4 rings (SSSR count). The summed E-state index contributed by atoms with van der Waals surface area (Å²) in [6, 6.07) is 13.1. The standard InChI is InChI=1S/C23H26ClFN4O2/c24-19-4-1-2-5-20(19)26-23(31)28-12-3-11-27(14-15-28)21-10-13-29(22(21)30)16-17-6-8-18(25)9-7-17/h1-2,4-9,21H,3,10-16H2,(H,26,31)/t21-/m0/s1. The Labute approximate surface area is 186 Å². The molecular formula is C23H26ClFN4O2. The topological polar surface area (TPSA) is 55.9 Å². The van der Waals surface area contributed by atoms with Crippen molar-refractivity contribution in [2.75, 3.05) is 38.0 Å². The first-order valence-electron chi connectivity index (χ1n) is 10.6. The summed E-state index contributed by atoms with van der Waals surface area (Å²) < 4.78 is 13.1. The molecule has 2 aliphatic heterocycles. The third kappa shape index (κ3) is 5.17. The van der Waals surface area contributed by atoms with Gasteiger partial charge in [0.1, 0.15) is 5.82 Å². The number of benzene rings is 2. The van der Waals surface area contributed by atoms with Crippen LogP contribution in [0.25, 0.3) is 0 Å². The van der Waals surface area contributed by atoms with Gasteiger partial charge in [-0.05, 0) is 42.7 Å². The van der Waals surface area contributed by atoms with Crippen molar-refractivity contribution in [3.8, 4) is 0 Å². The zero-order valence-electron chi connectivity index (χ0n) is 17.3. The molecule has 0 bridgehead atoms. The molecule has 2 fully saturated rings. The molecule has 2 aromatic rings. The van der Waals surface area contributed by atoms with Gasteiger partial charge >= 0.3 is 6.03 Å². The number of amides is 3. The maximum Gasteiger partial charge on any atom is 0.321 e. The number of halogens is 2. The Morgan fingerprint density at radius 2 is 1.81 bits per heavy atom.